The Hall–Kier alpha value is -0.0800. The first-order valence-electron chi connectivity index (χ1n) is 8.20. The van der Waals surface area contributed by atoms with Gasteiger partial charge >= 0.3 is 0 Å². The summed E-state index contributed by atoms with van der Waals surface area (Å²) in [4.78, 5) is 0. The van der Waals surface area contributed by atoms with Gasteiger partial charge in [0.25, 0.3) is 0 Å². The molecule has 1 aliphatic heterocycles. The van der Waals surface area contributed by atoms with Crippen molar-refractivity contribution in [3.8, 4) is 0 Å². The molecule has 0 aromatic carbocycles. The van der Waals surface area contributed by atoms with Crippen LogP contribution in [0.4, 0.5) is 0 Å². The van der Waals surface area contributed by atoms with Crippen molar-refractivity contribution in [2.75, 3.05) is 6.61 Å². The molecule has 1 aliphatic rings. The summed E-state index contributed by atoms with van der Waals surface area (Å²) in [6.45, 7) is 3.24. The van der Waals surface area contributed by atoms with E-state index in [1.165, 1.54) is 70.6 Å². The van der Waals surface area contributed by atoms with E-state index < -0.39 is 0 Å². The van der Waals surface area contributed by atoms with E-state index in [-0.39, 0.29) is 0 Å². The van der Waals surface area contributed by atoms with Gasteiger partial charge < -0.3 is 10.5 Å². The van der Waals surface area contributed by atoms with Gasteiger partial charge in [0.2, 0.25) is 0 Å². The van der Waals surface area contributed by atoms with Gasteiger partial charge in [-0.05, 0) is 38.5 Å². The zero-order chi connectivity index (χ0) is 13.1. The summed E-state index contributed by atoms with van der Waals surface area (Å²) >= 11 is 0. The van der Waals surface area contributed by atoms with E-state index >= 15 is 0 Å². The summed E-state index contributed by atoms with van der Waals surface area (Å²) in [6.07, 6.45) is 16.1. The average Bonchev–Trinajstić information content (AvgIpc) is 2.41. The fraction of sp³-hybridized carbons (Fsp3) is 1.00. The van der Waals surface area contributed by atoms with Crippen LogP contribution in [0.1, 0.15) is 84.0 Å². The first-order valence-corrected chi connectivity index (χ1v) is 8.20. The standard InChI is InChI=1S/C16H33NO/c1-2-3-4-5-6-7-10-15(17)12-13-16-11-8-9-14-18-16/h15-16H,2-14,17H2,1H3. The summed E-state index contributed by atoms with van der Waals surface area (Å²) in [7, 11) is 0. The van der Waals surface area contributed by atoms with E-state index in [1.54, 1.807) is 0 Å². The van der Waals surface area contributed by atoms with Crippen molar-refractivity contribution in [3.05, 3.63) is 0 Å². The summed E-state index contributed by atoms with van der Waals surface area (Å²) in [6, 6.07) is 0.404. The number of hydrogen-bond donors (Lipinski definition) is 1. The molecule has 0 aromatic heterocycles. The summed E-state index contributed by atoms with van der Waals surface area (Å²) < 4.78 is 5.74. The molecule has 1 heterocycles. The SMILES string of the molecule is CCCCCCCCC(N)CCC1CCCCO1. The van der Waals surface area contributed by atoms with Crippen LogP contribution in [0.2, 0.25) is 0 Å². The smallest absolute Gasteiger partial charge is 0.0575 e. The van der Waals surface area contributed by atoms with Gasteiger partial charge in [-0.2, -0.15) is 0 Å². The summed E-state index contributed by atoms with van der Waals surface area (Å²) in [5.74, 6) is 0. The maximum absolute atomic E-state index is 6.18. The predicted molar refractivity (Wildman–Crippen MR) is 78.8 cm³/mol. The molecule has 1 fully saturated rings. The van der Waals surface area contributed by atoms with E-state index in [1.807, 2.05) is 0 Å². The zero-order valence-electron chi connectivity index (χ0n) is 12.3. The molecule has 0 amide bonds. The second kappa shape index (κ2) is 10.8. The van der Waals surface area contributed by atoms with Crippen LogP contribution >= 0.6 is 0 Å². The lowest BCUT2D eigenvalue weighted by Gasteiger charge is -2.23. The van der Waals surface area contributed by atoms with E-state index in [0.29, 0.717) is 12.1 Å². The number of unbranched alkanes of at least 4 members (excludes halogenated alkanes) is 5. The molecule has 2 N–H and O–H groups in total. The lowest BCUT2D eigenvalue weighted by atomic mass is 9.98. The van der Waals surface area contributed by atoms with Crippen LogP contribution in [0.5, 0.6) is 0 Å². The van der Waals surface area contributed by atoms with Gasteiger partial charge in [0.1, 0.15) is 0 Å². The third-order valence-corrected chi connectivity index (χ3v) is 4.06. The Bertz CT molecular complexity index is 178. The fourth-order valence-electron chi connectivity index (χ4n) is 2.77. The van der Waals surface area contributed by atoms with E-state index in [0.717, 1.165) is 13.0 Å². The Morgan fingerprint density at radius 1 is 1.06 bits per heavy atom. The largest absolute Gasteiger partial charge is 0.378 e. The van der Waals surface area contributed by atoms with Crippen LogP contribution in [0.15, 0.2) is 0 Å². The molecule has 1 rings (SSSR count). The van der Waals surface area contributed by atoms with Gasteiger partial charge in [-0.25, -0.2) is 0 Å². The molecule has 2 atom stereocenters. The van der Waals surface area contributed by atoms with Crippen LogP contribution in [0, 0.1) is 0 Å². The van der Waals surface area contributed by atoms with Gasteiger partial charge in [-0.15, -0.1) is 0 Å². The Labute approximate surface area is 114 Å². The molecule has 0 saturated carbocycles. The first kappa shape index (κ1) is 16.0. The lowest BCUT2D eigenvalue weighted by molar-refractivity contribution is 0.00901. The van der Waals surface area contributed by atoms with Crippen molar-refractivity contribution in [2.24, 2.45) is 5.73 Å². The highest BCUT2D eigenvalue weighted by molar-refractivity contribution is 4.68. The molecule has 2 unspecified atom stereocenters. The predicted octanol–water partition coefficient (Wildman–Crippen LogP) is 4.41. The molecule has 2 nitrogen and oxygen atoms in total. The molecular weight excluding hydrogens is 222 g/mol. The monoisotopic (exact) mass is 255 g/mol. The van der Waals surface area contributed by atoms with E-state index in [9.17, 15) is 0 Å². The van der Waals surface area contributed by atoms with Crippen molar-refractivity contribution in [3.63, 3.8) is 0 Å². The molecule has 0 spiro atoms. The van der Waals surface area contributed by atoms with Crippen LogP contribution in [-0.4, -0.2) is 18.8 Å². The molecule has 0 aromatic rings. The van der Waals surface area contributed by atoms with Crippen LogP contribution in [0.3, 0.4) is 0 Å². The third-order valence-electron chi connectivity index (χ3n) is 4.06. The number of ether oxygens (including phenoxy) is 1. The van der Waals surface area contributed by atoms with Gasteiger partial charge in [0.15, 0.2) is 0 Å². The van der Waals surface area contributed by atoms with Crippen molar-refractivity contribution in [2.45, 2.75) is 96.1 Å². The van der Waals surface area contributed by atoms with Gasteiger partial charge in [0, 0.05) is 12.6 Å². The molecule has 0 radical (unpaired) electrons. The van der Waals surface area contributed by atoms with Crippen molar-refractivity contribution in [1.29, 1.82) is 0 Å². The highest BCUT2D eigenvalue weighted by Gasteiger charge is 2.14. The highest BCUT2D eigenvalue weighted by atomic mass is 16.5. The maximum atomic E-state index is 6.18. The van der Waals surface area contributed by atoms with Gasteiger partial charge in [-0.1, -0.05) is 45.4 Å². The van der Waals surface area contributed by atoms with Crippen molar-refractivity contribution < 1.29 is 4.74 Å². The normalized spacial score (nSPS) is 22.0. The minimum absolute atomic E-state index is 0.404. The summed E-state index contributed by atoms with van der Waals surface area (Å²) in [5.41, 5.74) is 6.18. The number of nitrogens with two attached hydrogens (primary N) is 1. The Balaban J connectivity index is 1.88. The molecule has 2 heteroatoms. The van der Waals surface area contributed by atoms with Gasteiger partial charge in [0.05, 0.1) is 6.10 Å². The van der Waals surface area contributed by atoms with E-state index in [4.69, 9.17) is 10.5 Å². The molecule has 108 valence electrons. The van der Waals surface area contributed by atoms with Crippen molar-refractivity contribution in [1.82, 2.24) is 0 Å². The highest BCUT2D eigenvalue weighted by Crippen LogP contribution is 2.18. The van der Waals surface area contributed by atoms with Gasteiger partial charge in [-0.3, -0.25) is 0 Å². The van der Waals surface area contributed by atoms with Crippen LogP contribution < -0.4 is 5.73 Å². The second-order valence-corrected chi connectivity index (χ2v) is 5.88. The Morgan fingerprint density at radius 2 is 1.83 bits per heavy atom. The molecule has 0 aliphatic carbocycles. The molecule has 1 saturated heterocycles. The lowest BCUT2D eigenvalue weighted by Crippen LogP contribution is -2.25. The number of rotatable bonds is 10. The van der Waals surface area contributed by atoms with E-state index in [2.05, 4.69) is 6.92 Å². The molecular formula is C16H33NO. The Kier molecular flexibility index (Phi) is 9.59. The molecule has 18 heavy (non-hydrogen) atoms. The third kappa shape index (κ3) is 8.10. The summed E-state index contributed by atoms with van der Waals surface area (Å²) in [5, 5.41) is 0. The molecule has 0 bridgehead atoms. The first-order chi connectivity index (χ1) is 8.83. The maximum Gasteiger partial charge on any atom is 0.0575 e. The average molecular weight is 255 g/mol. The number of hydrogen-bond acceptors (Lipinski definition) is 2. The Morgan fingerprint density at radius 3 is 2.56 bits per heavy atom. The van der Waals surface area contributed by atoms with Crippen LogP contribution in [-0.2, 0) is 4.74 Å². The quantitative estimate of drug-likeness (QED) is 0.587. The minimum Gasteiger partial charge on any atom is -0.378 e. The minimum atomic E-state index is 0.404. The second-order valence-electron chi connectivity index (χ2n) is 5.88. The fourth-order valence-corrected chi connectivity index (χ4v) is 2.77. The zero-order valence-corrected chi connectivity index (χ0v) is 12.3. The topological polar surface area (TPSA) is 35.2 Å². The van der Waals surface area contributed by atoms with Crippen LogP contribution in [0.25, 0.3) is 0 Å². The van der Waals surface area contributed by atoms with Crippen molar-refractivity contribution >= 4 is 0 Å².